The van der Waals surface area contributed by atoms with Gasteiger partial charge in [0.25, 0.3) is 0 Å². The molecule has 25 heavy (non-hydrogen) atoms. The van der Waals surface area contributed by atoms with Crippen LogP contribution in [0.4, 0.5) is 8.78 Å². The molecule has 8 heteroatoms. The normalized spacial score (nSPS) is 16.9. The first-order chi connectivity index (χ1) is 11.9. The van der Waals surface area contributed by atoms with Crippen LogP contribution in [-0.2, 0) is 10.0 Å². The Kier molecular flexibility index (Phi) is 4.91. The number of nitrogens with zero attached hydrogens (tertiary/aromatic N) is 1. The zero-order valence-corrected chi connectivity index (χ0v) is 14.3. The van der Waals surface area contributed by atoms with Gasteiger partial charge in [-0.25, -0.2) is 17.2 Å². The quantitative estimate of drug-likeness (QED) is 0.813. The van der Waals surface area contributed by atoms with Gasteiger partial charge in [0.1, 0.15) is 29.2 Å². The molecule has 1 aliphatic heterocycles. The summed E-state index contributed by atoms with van der Waals surface area (Å²) in [5.41, 5.74) is 0. The fourth-order valence-corrected chi connectivity index (χ4v) is 4.15. The molecule has 1 unspecified atom stereocenters. The number of benzene rings is 2. The van der Waals surface area contributed by atoms with Crippen molar-refractivity contribution < 1.29 is 26.7 Å². The van der Waals surface area contributed by atoms with E-state index in [1.165, 1.54) is 0 Å². The van der Waals surface area contributed by atoms with Gasteiger partial charge in [0.05, 0.1) is 6.54 Å². The van der Waals surface area contributed by atoms with Gasteiger partial charge in [0.15, 0.2) is 11.5 Å². The summed E-state index contributed by atoms with van der Waals surface area (Å²) in [6, 6.07) is 9.41. The summed E-state index contributed by atoms with van der Waals surface area (Å²) in [5.74, 6) is -0.710. The molecule has 0 aromatic heterocycles. The highest BCUT2D eigenvalue weighted by atomic mass is 32.2. The Labute approximate surface area is 144 Å². The number of fused-ring (bicyclic) bond motifs is 1. The number of hydrogen-bond acceptors (Lipinski definition) is 4. The van der Waals surface area contributed by atoms with E-state index in [0.29, 0.717) is 17.6 Å². The molecule has 0 spiro atoms. The van der Waals surface area contributed by atoms with Crippen LogP contribution in [0.5, 0.6) is 11.5 Å². The highest BCUT2D eigenvalue weighted by Crippen LogP contribution is 2.31. The first-order valence-corrected chi connectivity index (χ1v) is 9.19. The lowest BCUT2D eigenvalue weighted by Crippen LogP contribution is -2.43. The van der Waals surface area contributed by atoms with E-state index < -0.39 is 32.7 Å². The molecule has 134 valence electrons. The van der Waals surface area contributed by atoms with Gasteiger partial charge in [-0.3, -0.25) is 0 Å². The van der Waals surface area contributed by atoms with E-state index in [2.05, 4.69) is 0 Å². The Morgan fingerprint density at radius 3 is 2.60 bits per heavy atom. The minimum atomic E-state index is -4.20. The van der Waals surface area contributed by atoms with Gasteiger partial charge in [0.2, 0.25) is 10.0 Å². The number of hydrogen-bond donors (Lipinski definition) is 0. The Morgan fingerprint density at radius 2 is 1.88 bits per heavy atom. The molecule has 2 aromatic carbocycles. The molecule has 0 amide bonds. The van der Waals surface area contributed by atoms with Gasteiger partial charge in [0, 0.05) is 6.54 Å². The molecule has 0 radical (unpaired) electrons. The van der Waals surface area contributed by atoms with E-state index in [9.17, 15) is 17.2 Å². The third-order valence-corrected chi connectivity index (χ3v) is 5.79. The minimum Gasteiger partial charge on any atom is -0.486 e. The lowest BCUT2D eigenvalue weighted by molar-refractivity contribution is 0.0771. The van der Waals surface area contributed by atoms with Crippen molar-refractivity contribution in [1.29, 1.82) is 0 Å². The summed E-state index contributed by atoms with van der Waals surface area (Å²) in [6.07, 6.45) is -0.554. The van der Waals surface area contributed by atoms with Gasteiger partial charge >= 0.3 is 0 Å². The molecule has 5 nitrogen and oxygen atoms in total. The molecular weight excluding hydrogens is 352 g/mol. The van der Waals surface area contributed by atoms with E-state index in [-0.39, 0.29) is 19.7 Å². The van der Waals surface area contributed by atoms with E-state index in [1.807, 2.05) is 0 Å². The second kappa shape index (κ2) is 6.97. The summed E-state index contributed by atoms with van der Waals surface area (Å²) in [5, 5.41) is 0. The molecule has 1 aliphatic rings. The van der Waals surface area contributed by atoms with Crippen molar-refractivity contribution in [3.05, 3.63) is 54.1 Å². The lowest BCUT2D eigenvalue weighted by Gasteiger charge is -2.30. The average Bonchev–Trinajstić information content (AvgIpc) is 2.61. The van der Waals surface area contributed by atoms with Crippen molar-refractivity contribution >= 4 is 10.0 Å². The molecule has 0 saturated carbocycles. The van der Waals surface area contributed by atoms with E-state index >= 15 is 0 Å². The highest BCUT2D eigenvalue weighted by molar-refractivity contribution is 7.89. The van der Waals surface area contributed by atoms with E-state index in [1.54, 1.807) is 31.2 Å². The predicted octanol–water partition coefficient (Wildman–Crippen LogP) is 2.82. The van der Waals surface area contributed by atoms with E-state index in [4.69, 9.17) is 9.47 Å². The summed E-state index contributed by atoms with van der Waals surface area (Å²) in [4.78, 5) is -0.688. The molecular formula is C17H17F2NO4S. The van der Waals surface area contributed by atoms with Crippen molar-refractivity contribution in [3.8, 4) is 11.5 Å². The largest absolute Gasteiger partial charge is 0.486 e. The van der Waals surface area contributed by atoms with Crippen LogP contribution in [0.25, 0.3) is 0 Å². The molecule has 1 heterocycles. The summed E-state index contributed by atoms with van der Waals surface area (Å²) in [7, 11) is -4.20. The Bertz CT molecular complexity index is 873. The molecule has 0 saturated heterocycles. The van der Waals surface area contributed by atoms with E-state index in [0.717, 1.165) is 16.4 Å². The third-order valence-electron chi connectivity index (χ3n) is 3.84. The van der Waals surface area contributed by atoms with Crippen molar-refractivity contribution in [2.45, 2.75) is 17.9 Å². The Morgan fingerprint density at radius 1 is 1.16 bits per heavy atom. The van der Waals surface area contributed by atoms with Crippen LogP contribution in [-0.4, -0.2) is 38.5 Å². The summed E-state index contributed by atoms with van der Waals surface area (Å²) in [6.45, 7) is 1.82. The Balaban J connectivity index is 1.82. The number of para-hydroxylation sites is 2. The highest BCUT2D eigenvalue weighted by Gasteiger charge is 2.31. The second-order valence-electron chi connectivity index (χ2n) is 5.53. The summed E-state index contributed by atoms with van der Waals surface area (Å²) < 4.78 is 65.0. The molecule has 1 atom stereocenters. The smallest absolute Gasteiger partial charge is 0.246 e. The van der Waals surface area contributed by atoms with Crippen molar-refractivity contribution in [2.75, 3.05) is 19.7 Å². The molecule has 3 rings (SSSR count). The number of likely N-dealkylation sites (N-methyl/N-ethyl adjacent to an activating group) is 1. The number of sulfonamides is 1. The zero-order chi connectivity index (χ0) is 18.0. The van der Waals surface area contributed by atoms with Crippen LogP contribution in [0, 0.1) is 11.6 Å². The first-order valence-electron chi connectivity index (χ1n) is 7.75. The maximum absolute atomic E-state index is 13.9. The van der Waals surface area contributed by atoms with Crippen molar-refractivity contribution in [1.82, 2.24) is 4.31 Å². The van der Waals surface area contributed by atoms with Crippen molar-refractivity contribution in [2.24, 2.45) is 0 Å². The average molecular weight is 369 g/mol. The maximum Gasteiger partial charge on any atom is 0.246 e. The van der Waals surface area contributed by atoms with Crippen LogP contribution in [0.2, 0.25) is 0 Å². The van der Waals surface area contributed by atoms with Gasteiger partial charge in [-0.05, 0) is 30.3 Å². The minimum absolute atomic E-state index is 0.0386. The number of halogens is 2. The number of rotatable bonds is 5. The molecule has 0 N–H and O–H groups in total. The van der Waals surface area contributed by atoms with Crippen LogP contribution >= 0.6 is 0 Å². The SMILES string of the molecule is CCN(CC1COc2ccccc2O1)S(=O)(=O)c1cc(F)ccc1F. The molecule has 2 aromatic rings. The second-order valence-corrected chi connectivity index (χ2v) is 7.43. The monoisotopic (exact) mass is 369 g/mol. The first kappa shape index (κ1) is 17.6. The molecule has 0 fully saturated rings. The third kappa shape index (κ3) is 3.59. The zero-order valence-electron chi connectivity index (χ0n) is 13.5. The van der Waals surface area contributed by atoms with Gasteiger partial charge < -0.3 is 9.47 Å². The lowest BCUT2D eigenvalue weighted by atomic mass is 10.2. The number of ether oxygens (including phenoxy) is 2. The van der Waals surface area contributed by atoms with Crippen LogP contribution in [0.1, 0.15) is 6.92 Å². The summed E-state index contributed by atoms with van der Waals surface area (Å²) >= 11 is 0. The van der Waals surface area contributed by atoms with Gasteiger partial charge in [-0.1, -0.05) is 19.1 Å². The molecule has 0 bridgehead atoms. The van der Waals surface area contributed by atoms with Crippen LogP contribution < -0.4 is 9.47 Å². The van der Waals surface area contributed by atoms with Crippen molar-refractivity contribution in [3.63, 3.8) is 0 Å². The maximum atomic E-state index is 13.9. The predicted molar refractivity (Wildman–Crippen MR) is 87.1 cm³/mol. The topological polar surface area (TPSA) is 55.8 Å². The van der Waals surface area contributed by atoms with Crippen LogP contribution in [0.3, 0.4) is 0 Å². The standard InChI is InChI=1S/C17H17F2NO4S/c1-2-20(25(21,22)17-9-12(18)7-8-14(17)19)10-13-11-23-15-5-3-4-6-16(15)24-13/h3-9,13H,2,10-11H2,1H3. The fraction of sp³-hybridized carbons (Fsp3) is 0.294. The molecule has 0 aliphatic carbocycles. The van der Waals surface area contributed by atoms with Gasteiger partial charge in [-0.15, -0.1) is 0 Å². The van der Waals surface area contributed by atoms with Crippen LogP contribution in [0.15, 0.2) is 47.4 Å². The van der Waals surface area contributed by atoms with Gasteiger partial charge in [-0.2, -0.15) is 4.31 Å². The fourth-order valence-electron chi connectivity index (χ4n) is 2.59. The Hall–Kier alpha value is -2.19.